The summed E-state index contributed by atoms with van der Waals surface area (Å²) in [6, 6.07) is 15.0. The Morgan fingerprint density at radius 2 is 1.47 bits per heavy atom. The average Bonchev–Trinajstić information content (AvgIpc) is 3.33. The van der Waals surface area contributed by atoms with Gasteiger partial charge in [-0.3, -0.25) is 19.3 Å². The van der Waals surface area contributed by atoms with Crippen LogP contribution in [0, 0.1) is 0 Å². The Labute approximate surface area is 238 Å². The largest absolute Gasteiger partial charge is 0.481 e. The maximum Gasteiger partial charge on any atom is 0.303 e. The van der Waals surface area contributed by atoms with E-state index in [0.29, 0.717) is 32.9 Å². The molecule has 2 heterocycles. The van der Waals surface area contributed by atoms with E-state index in [1.807, 2.05) is 42.5 Å². The topological polar surface area (TPSA) is 77.9 Å². The highest BCUT2D eigenvalue weighted by molar-refractivity contribution is 8.26. The van der Waals surface area contributed by atoms with E-state index in [9.17, 15) is 14.4 Å². The van der Waals surface area contributed by atoms with Gasteiger partial charge in [-0.1, -0.05) is 111 Å². The Morgan fingerprint density at radius 3 is 2.18 bits per heavy atom. The highest BCUT2D eigenvalue weighted by atomic mass is 35.5. The molecule has 2 aliphatic heterocycles. The number of hydrogen-bond donors (Lipinski definition) is 1. The fourth-order valence-corrected chi connectivity index (χ4v) is 6.38. The number of rotatable bonds is 13. The summed E-state index contributed by atoms with van der Waals surface area (Å²) in [5, 5.41) is 9.28. The summed E-state index contributed by atoms with van der Waals surface area (Å²) in [6.07, 6.45) is 8.09. The number of anilines is 1. The van der Waals surface area contributed by atoms with Crippen molar-refractivity contribution < 1.29 is 19.5 Å². The van der Waals surface area contributed by atoms with Gasteiger partial charge in [0.15, 0.2) is 0 Å². The van der Waals surface area contributed by atoms with Gasteiger partial charge in [0.1, 0.15) is 4.32 Å². The van der Waals surface area contributed by atoms with E-state index in [0.717, 1.165) is 68.2 Å². The second kappa shape index (κ2) is 13.4. The fraction of sp³-hybridized carbons (Fsp3) is 0.379. The second-order valence-corrected chi connectivity index (χ2v) is 11.6. The molecule has 2 aromatic rings. The van der Waals surface area contributed by atoms with Crippen molar-refractivity contribution in [2.45, 2.75) is 64.3 Å². The summed E-state index contributed by atoms with van der Waals surface area (Å²) in [7, 11) is 0. The normalized spacial score (nSPS) is 17.0. The van der Waals surface area contributed by atoms with Crippen LogP contribution in [0.4, 0.5) is 5.69 Å². The Bertz CT molecular complexity index is 1260. The van der Waals surface area contributed by atoms with Gasteiger partial charge < -0.3 is 10.0 Å². The smallest absolute Gasteiger partial charge is 0.303 e. The number of aliphatic carboxylic acids is 1. The zero-order valence-electron chi connectivity index (χ0n) is 21.2. The molecule has 0 aromatic heterocycles. The molecule has 2 aromatic carbocycles. The molecule has 6 nitrogen and oxygen atoms in total. The van der Waals surface area contributed by atoms with Crippen LogP contribution in [-0.4, -0.2) is 38.7 Å². The van der Waals surface area contributed by atoms with E-state index in [1.54, 1.807) is 15.9 Å². The monoisotopic (exact) mass is 570 g/mol. The zero-order chi connectivity index (χ0) is 27.1. The Kier molecular flexibility index (Phi) is 9.99. The molecule has 200 valence electrons. The first kappa shape index (κ1) is 28.3. The highest BCUT2D eigenvalue weighted by Crippen LogP contribution is 2.45. The van der Waals surface area contributed by atoms with Gasteiger partial charge in [0.2, 0.25) is 0 Å². The van der Waals surface area contributed by atoms with E-state index in [4.69, 9.17) is 28.9 Å². The molecule has 0 aliphatic carbocycles. The first-order chi connectivity index (χ1) is 18.4. The molecule has 0 spiro atoms. The maximum absolute atomic E-state index is 13.7. The van der Waals surface area contributed by atoms with Crippen LogP contribution in [0.2, 0.25) is 5.02 Å². The number of thiocarbonyl (C=S) groups is 1. The summed E-state index contributed by atoms with van der Waals surface area (Å²) in [4.78, 5) is 41.3. The number of thioether (sulfide) groups is 1. The van der Waals surface area contributed by atoms with Crippen LogP contribution in [0.1, 0.15) is 68.9 Å². The zero-order valence-corrected chi connectivity index (χ0v) is 23.5. The lowest BCUT2D eigenvalue weighted by molar-refractivity contribution is -0.137. The minimum absolute atomic E-state index is 0.198. The van der Waals surface area contributed by atoms with E-state index in [2.05, 4.69) is 0 Å². The number of carbonyl (C=O) groups excluding carboxylic acids is 2. The number of nitrogens with zero attached hydrogens (tertiary/aromatic N) is 2. The van der Waals surface area contributed by atoms with Crippen molar-refractivity contribution >= 4 is 68.9 Å². The molecule has 1 fully saturated rings. The van der Waals surface area contributed by atoms with Crippen LogP contribution in [0.3, 0.4) is 0 Å². The molecule has 0 saturated carbocycles. The first-order valence-corrected chi connectivity index (χ1v) is 14.6. The number of carbonyl (C=O) groups is 3. The molecule has 1 N–H and O–H groups in total. The van der Waals surface area contributed by atoms with Crippen LogP contribution in [0.5, 0.6) is 0 Å². The van der Waals surface area contributed by atoms with Gasteiger partial charge in [-0.25, -0.2) is 0 Å². The van der Waals surface area contributed by atoms with Crippen LogP contribution in [0.15, 0.2) is 53.4 Å². The number of amides is 2. The highest BCUT2D eigenvalue weighted by Gasteiger charge is 2.41. The van der Waals surface area contributed by atoms with Crippen LogP contribution >= 0.6 is 35.6 Å². The summed E-state index contributed by atoms with van der Waals surface area (Å²) in [6.45, 7) is 0.859. The Hall–Kier alpha value is -2.68. The number of unbranched alkanes of at least 4 members (excludes halogenated alkanes) is 7. The number of carboxylic acids is 1. The predicted octanol–water partition coefficient (Wildman–Crippen LogP) is 7.05. The molecule has 0 bridgehead atoms. The van der Waals surface area contributed by atoms with Crippen LogP contribution in [-0.2, 0) is 20.9 Å². The van der Waals surface area contributed by atoms with Crippen LogP contribution in [0.25, 0.3) is 5.57 Å². The van der Waals surface area contributed by atoms with Gasteiger partial charge in [0, 0.05) is 23.6 Å². The second-order valence-electron chi connectivity index (χ2n) is 9.50. The Balaban J connectivity index is 1.36. The number of halogens is 1. The number of carboxylic acid groups (broad SMARTS) is 1. The van der Waals surface area contributed by atoms with Gasteiger partial charge in [0.05, 0.1) is 22.7 Å². The standard InChI is InChI=1S/C29H31ClN2O4S2/c30-22-15-10-8-13-20(22)19-32-23-16-11-9-14-21(23)25(27(32)35)26-28(36)31(29(37)38-26)18-12-6-4-2-1-3-5-7-17-24(33)34/h8-11,13-16H,1-7,12,17-19H2,(H,33,34)/b26-25-. The number of benzene rings is 2. The van der Waals surface area contributed by atoms with Crippen molar-refractivity contribution in [3.05, 3.63) is 69.6 Å². The van der Waals surface area contributed by atoms with Crippen LogP contribution < -0.4 is 4.90 Å². The molecule has 4 rings (SSSR count). The third-order valence-corrected chi connectivity index (χ3v) is 8.63. The fourth-order valence-electron chi connectivity index (χ4n) is 4.80. The lowest BCUT2D eigenvalue weighted by Crippen LogP contribution is -2.30. The number of hydrogen-bond acceptors (Lipinski definition) is 5. The minimum Gasteiger partial charge on any atom is -0.481 e. The molecular weight excluding hydrogens is 540 g/mol. The molecule has 2 aliphatic rings. The lowest BCUT2D eigenvalue weighted by Gasteiger charge is -2.18. The van der Waals surface area contributed by atoms with Gasteiger partial charge >= 0.3 is 5.97 Å². The number of para-hydroxylation sites is 1. The third kappa shape index (κ3) is 6.65. The summed E-state index contributed by atoms with van der Waals surface area (Å²) in [5.74, 6) is -1.14. The summed E-state index contributed by atoms with van der Waals surface area (Å²) < 4.78 is 0.491. The summed E-state index contributed by atoms with van der Waals surface area (Å²) >= 11 is 13.1. The van der Waals surface area contributed by atoms with E-state index < -0.39 is 5.97 Å². The third-order valence-electron chi connectivity index (χ3n) is 6.81. The molecule has 0 unspecified atom stereocenters. The minimum atomic E-state index is -0.729. The van der Waals surface area contributed by atoms with Crippen molar-refractivity contribution in [3.8, 4) is 0 Å². The van der Waals surface area contributed by atoms with E-state index in [-0.39, 0.29) is 18.2 Å². The molecule has 0 radical (unpaired) electrons. The maximum atomic E-state index is 13.7. The SMILES string of the molecule is O=C(O)CCCCCCCCCCN1C(=O)/C(=C2/C(=O)N(Cc3ccccc3Cl)c3ccccc32)SC1=S. The van der Waals surface area contributed by atoms with Gasteiger partial charge in [-0.05, 0) is 30.5 Å². The van der Waals surface area contributed by atoms with Crippen molar-refractivity contribution in [3.63, 3.8) is 0 Å². The average molecular weight is 571 g/mol. The first-order valence-electron chi connectivity index (χ1n) is 13.0. The molecule has 1 saturated heterocycles. The molecule has 2 amide bonds. The van der Waals surface area contributed by atoms with Gasteiger partial charge in [-0.15, -0.1) is 0 Å². The molecular formula is C29H31ClN2O4S2. The number of fused-ring (bicyclic) bond motifs is 1. The van der Waals surface area contributed by atoms with E-state index >= 15 is 0 Å². The predicted molar refractivity (Wildman–Crippen MR) is 157 cm³/mol. The van der Waals surface area contributed by atoms with Crippen molar-refractivity contribution in [2.75, 3.05) is 11.4 Å². The van der Waals surface area contributed by atoms with Crippen molar-refractivity contribution in [1.29, 1.82) is 0 Å². The van der Waals surface area contributed by atoms with Gasteiger partial charge in [-0.2, -0.15) is 0 Å². The lowest BCUT2D eigenvalue weighted by atomic mass is 10.1. The molecule has 38 heavy (non-hydrogen) atoms. The van der Waals surface area contributed by atoms with E-state index in [1.165, 1.54) is 11.8 Å². The molecule has 9 heteroatoms. The quantitative estimate of drug-likeness (QED) is 0.158. The summed E-state index contributed by atoms with van der Waals surface area (Å²) in [5.41, 5.74) is 2.76. The van der Waals surface area contributed by atoms with Crippen molar-refractivity contribution in [1.82, 2.24) is 4.90 Å². The Morgan fingerprint density at radius 1 is 0.842 bits per heavy atom. The van der Waals surface area contributed by atoms with Crippen molar-refractivity contribution in [2.24, 2.45) is 0 Å². The molecule has 0 atom stereocenters. The van der Waals surface area contributed by atoms with Gasteiger partial charge in [0.25, 0.3) is 11.8 Å².